The highest BCUT2D eigenvalue weighted by atomic mass is 32.2. The lowest BCUT2D eigenvalue weighted by molar-refractivity contribution is 0.0964. The van der Waals surface area contributed by atoms with Crippen molar-refractivity contribution in [2.75, 3.05) is 13.5 Å². The topological polar surface area (TPSA) is 77.8 Å². The molecule has 6 heteroatoms. The van der Waals surface area contributed by atoms with Crippen LogP contribution in [-0.2, 0) is 15.8 Å². The lowest BCUT2D eigenvalue weighted by Gasteiger charge is -2.16. The van der Waals surface area contributed by atoms with Gasteiger partial charge >= 0.3 is 0 Å². The van der Waals surface area contributed by atoms with Gasteiger partial charge in [-0.05, 0) is 5.56 Å². The van der Waals surface area contributed by atoms with Gasteiger partial charge in [-0.3, -0.25) is 0 Å². The van der Waals surface area contributed by atoms with Crippen LogP contribution in [0.2, 0.25) is 0 Å². The van der Waals surface area contributed by atoms with Crippen LogP contribution in [0.1, 0.15) is 5.56 Å². The summed E-state index contributed by atoms with van der Waals surface area (Å²) in [4.78, 5) is 0. The van der Waals surface area contributed by atoms with Gasteiger partial charge in [-0.2, -0.15) is 4.31 Å². The maximum absolute atomic E-state index is 11.6. The Kier molecular flexibility index (Phi) is 4.22. The Labute approximate surface area is 88.6 Å². The van der Waals surface area contributed by atoms with E-state index in [-0.39, 0.29) is 5.75 Å². The number of aliphatic hydroxyl groups excluding tert-OH is 2. The van der Waals surface area contributed by atoms with Crippen LogP contribution in [0, 0.1) is 0 Å². The number of benzene rings is 1. The molecule has 0 saturated carbocycles. The van der Waals surface area contributed by atoms with Crippen LogP contribution in [0.25, 0.3) is 0 Å². The first-order valence-corrected chi connectivity index (χ1v) is 5.94. The van der Waals surface area contributed by atoms with Crippen LogP contribution >= 0.6 is 0 Å². The molecule has 0 aromatic heterocycles. The predicted molar refractivity (Wildman–Crippen MR) is 55.1 cm³/mol. The van der Waals surface area contributed by atoms with Gasteiger partial charge in [0, 0.05) is 0 Å². The molecule has 0 saturated heterocycles. The number of hydrogen-bond acceptors (Lipinski definition) is 4. The second-order valence-electron chi connectivity index (χ2n) is 2.98. The standard InChI is InChI=1S/C9H13NO4S/c11-7-10(8-12)15(13,14)6-9-4-2-1-3-5-9/h1-5,11-12H,6-8H2. The van der Waals surface area contributed by atoms with Gasteiger partial charge < -0.3 is 10.2 Å². The monoisotopic (exact) mass is 231 g/mol. The molecule has 0 heterocycles. The summed E-state index contributed by atoms with van der Waals surface area (Å²) in [6.45, 7) is -1.43. The molecule has 0 aliphatic rings. The van der Waals surface area contributed by atoms with Crippen LogP contribution < -0.4 is 0 Å². The molecular weight excluding hydrogens is 218 g/mol. The van der Waals surface area contributed by atoms with E-state index in [0.29, 0.717) is 9.87 Å². The maximum atomic E-state index is 11.6. The molecule has 1 aromatic carbocycles. The van der Waals surface area contributed by atoms with Crippen molar-refractivity contribution < 1.29 is 18.6 Å². The Bertz CT molecular complexity index is 386. The van der Waals surface area contributed by atoms with Crippen LogP contribution in [0.4, 0.5) is 0 Å². The molecule has 0 bridgehead atoms. The highest BCUT2D eigenvalue weighted by Gasteiger charge is 2.20. The van der Waals surface area contributed by atoms with E-state index in [2.05, 4.69) is 0 Å². The molecule has 0 spiro atoms. The number of aliphatic hydroxyl groups is 2. The number of sulfonamides is 1. The Morgan fingerprint density at radius 1 is 1.07 bits per heavy atom. The summed E-state index contributed by atoms with van der Waals surface area (Å²) in [6, 6.07) is 8.58. The first kappa shape index (κ1) is 12.1. The van der Waals surface area contributed by atoms with Crippen molar-refractivity contribution in [3.8, 4) is 0 Å². The summed E-state index contributed by atoms with van der Waals surface area (Å²) in [6.07, 6.45) is 0. The largest absolute Gasteiger partial charge is 0.380 e. The van der Waals surface area contributed by atoms with Crippen molar-refractivity contribution in [3.05, 3.63) is 35.9 Å². The third kappa shape index (κ3) is 3.28. The molecule has 84 valence electrons. The average Bonchev–Trinajstić information content (AvgIpc) is 2.19. The molecule has 0 amide bonds. The molecule has 2 N–H and O–H groups in total. The molecule has 0 radical (unpaired) electrons. The molecule has 0 unspecified atom stereocenters. The Morgan fingerprint density at radius 2 is 1.60 bits per heavy atom. The number of rotatable bonds is 5. The van der Waals surface area contributed by atoms with Gasteiger partial charge in [-0.25, -0.2) is 8.42 Å². The molecule has 0 aliphatic heterocycles. The van der Waals surface area contributed by atoms with Crippen molar-refractivity contribution in [2.24, 2.45) is 0 Å². The van der Waals surface area contributed by atoms with Crippen molar-refractivity contribution in [2.45, 2.75) is 5.75 Å². The minimum Gasteiger partial charge on any atom is -0.380 e. The third-order valence-corrected chi connectivity index (χ3v) is 3.62. The second kappa shape index (κ2) is 5.22. The van der Waals surface area contributed by atoms with E-state index in [0.717, 1.165) is 0 Å². The summed E-state index contributed by atoms with van der Waals surface area (Å²) in [7, 11) is -3.64. The van der Waals surface area contributed by atoms with Crippen LogP contribution in [0.5, 0.6) is 0 Å². The Balaban J connectivity index is 2.81. The van der Waals surface area contributed by atoms with Crippen molar-refractivity contribution in [1.82, 2.24) is 4.31 Å². The smallest absolute Gasteiger partial charge is 0.222 e. The zero-order valence-corrected chi connectivity index (χ0v) is 8.89. The first-order valence-electron chi connectivity index (χ1n) is 4.33. The normalized spacial score (nSPS) is 11.9. The fourth-order valence-corrected chi connectivity index (χ4v) is 2.24. The van der Waals surface area contributed by atoms with Crippen LogP contribution in [0.15, 0.2) is 30.3 Å². The molecule has 0 atom stereocenters. The van der Waals surface area contributed by atoms with E-state index in [1.807, 2.05) is 0 Å². The minimum absolute atomic E-state index is 0.227. The molecule has 1 rings (SSSR count). The zero-order valence-electron chi connectivity index (χ0n) is 8.07. The Morgan fingerprint density at radius 3 is 2.07 bits per heavy atom. The SMILES string of the molecule is O=S(=O)(Cc1ccccc1)N(CO)CO. The number of hydrogen-bond donors (Lipinski definition) is 2. The summed E-state index contributed by atoms with van der Waals surface area (Å²) < 4.78 is 23.7. The number of nitrogens with zero attached hydrogens (tertiary/aromatic N) is 1. The average molecular weight is 231 g/mol. The van der Waals surface area contributed by atoms with Gasteiger partial charge in [-0.15, -0.1) is 0 Å². The molecule has 0 fully saturated rings. The van der Waals surface area contributed by atoms with Gasteiger partial charge in [0.25, 0.3) is 0 Å². The van der Waals surface area contributed by atoms with E-state index in [1.165, 1.54) is 0 Å². The van der Waals surface area contributed by atoms with Gasteiger partial charge in [-0.1, -0.05) is 30.3 Å². The van der Waals surface area contributed by atoms with E-state index < -0.39 is 23.5 Å². The summed E-state index contributed by atoms with van der Waals surface area (Å²) in [5.74, 6) is -0.227. The molecule has 0 aliphatic carbocycles. The Hall–Kier alpha value is -0.950. The van der Waals surface area contributed by atoms with Crippen molar-refractivity contribution in [3.63, 3.8) is 0 Å². The van der Waals surface area contributed by atoms with Gasteiger partial charge in [0.15, 0.2) is 0 Å². The van der Waals surface area contributed by atoms with Crippen molar-refractivity contribution >= 4 is 10.0 Å². The molecule has 1 aromatic rings. The summed E-state index contributed by atoms with van der Waals surface area (Å²) in [5, 5.41) is 17.5. The zero-order chi connectivity index (χ0) is 11.3. The predicted octanol–water partition coefficient (Wildman–Crippen LogP) is -0.282. The maximum Gasteiger partial charge on any atom is 0.222 e. The van der Waals surface area contributed by atoms with Gasteiger partial charge in [0.05, 0.1) is 5.75 Å². The van der Waals surface area contributed by atoms with Crippen LogP contribution in [0.3, 0.4) is 0 Å². The fourth-order valence-electron chi connectivity index (χ4n) is 1.10. The lowest BCUT2D eigenvalue weighted by Crippen LogP contribution is -2.33. The molecule has 15 heavy (non-hydrogen) atoms. The minimum atomic E-state index is -3.64. The lowest BCUT2D eigenvalue weighted by atomic mass is 10.2. The van der Waals surface area contributed by atoms with E-state index in [1.54, 1.807) is 30.3 Å². The van der Waals surface area contributed by atoms with E-state index >= 15 is 0 Å². The van der Waals surface area contributed by atoms with Crippen LogP contribution in [-0.4, -0.2) is 36.4 Å². The third-order valence-electron chi connectivity index (χ3n) is 1.90. The highest BCUT2D eigenvalue weighted by molar-refractivity contribution is 7.88. The summed E-state index contributed by atoms with van der Waals surface area (Å²) in [5.41, 5.74) is 0.615. The first-order chi connectivity index (χ1) is 7.10. The highest BCUT2D eigenvalue weighted by Crippen LogP contribution is 2.09. The molecular formula is C9H13NO4S. The molecule has 5 nitrogen and oxygen atoms in total. The van der Waals surface area contributed by atoms with E-state index in [4.69, 9.17) is 10.2 Å². The summed E-state index contributed by atoms with van der Waals surface area (Å²) >= 11 is 0. The fraction of sp³-hybridized carbons (Fsp3) is 0.333. The van der Waals surface area contributed by atoms with Crippen molar-refractivity contribution in [1.29, 1.82) is 0 Å². The second-order valence-corrected chi connectivity index (χ2v) is 4.95. The quantitative estimate of drug-likeness (QED) is 0.683. The van der Waals surface area contributed by atoms with Gasteiger partial charge in [0.1, 0.15) is 13.5 Å². The van der Waals surface area contributed by atoms with E-state index in [9.17, 15) is 8.42 Å². The van der Waals surface area contributed by atoms with Gasteiger partial charge in [0.2, 0.25) is 10.0 Å².